The van der Waals surface area contributed by atoms with Crippen molar-refractivity contribution in [3.63, 3.8) is 0 Å². The number of rotatable bonds is 4. The summed E-state index contributed by atoms with van der Waals surface area (Å²) in [5.41, 5.74) is 5.86. The van der Waals surface area contributed by atoms with Crippen LogP contribution in [0.15, 0.2) is 29.4 Å². The molecule has 0 amide bonds. The van der Waals surface area contributed by atoms with E-state index in [9.17, 15) is 13.2 Å². The number of nitrogens with one attached hydrogen (secondary N) is 1. The van der Waals surface area contributed by atoms with Crippen molar-refractivity contribution in [3.8, 4) is 0 Å². The van der Waals surface area contributed by atoms with Crippen LogP contribution in [0.2, 0.25) is 0 Å². The van der Waals surface area contributed by atoms with Crippen LogP contribution in [0.5, 0.6) is 0 Å². The maximum atomic E-state index is 13.3. The molecule has 3 rings (SSSR count). The number of benzene rings is 1. The van der Waals surface area contributed by atoms with Gasteiger partial charge in [0.05, 0.1) is 12.4 Å². The highest BCUT2D eigenvalue weighted by atomic mass is 32.1. The summed E-state index contributed by atoms with van der Waals surface area (Å²) in [4.78, 5) is 6.12. The van der Waals surface area contributed by atoms with Crippen LogP contribution < -0.4 is 11.1 Å². The number of halogens is 3. The molecule has 0 atom stereocenters. The molecule has 6 nitrogen and oxygen atoms in total. The Morgan fingerprint density at radius 2 is 1.93 bits per heavy atom. The van der Waals surface area contributed by atoms with E-state index in [0.29, 0.717) is 22.3 Å². The summed E-state index contributed by atoms with van der Waals surface area (Å²) in [6.07, 6.45) is 3.42. The van der Waals surface area contributed by atoms with E-state index >= 15 is 0 Å². The van der Waals surface area contributed by atoms with E-state index in [1.165, 1.54) is 4.68 Å². The normalized spacial score (nSPS) is 15.7. The van der Waals surface area contributed by atoms with E-state index in [2.05, 4.69) is 15.4 Å². The van der Waals surface area contributed by atoms with Crippen LogP contribution in [-0.2, 0) is 6.54 Å². The van der Waals surface area contributed by atoms with Gasteiger partial charge in [-0.05, 0) is 49.7 Å². The van der Waals surface area contributed by atoms with E-state index < -0.39 is 17.5 Å². The average Bonchev–Trinajstić information content (AvgIpc) is 3.06. The Hall–Kier alpha value is -2.62. The van der Waals surface area contributed by atoms with E-state index in [4.69, 9.17) is 18.0 Å². The molecule has 0 aliphatic carbocycles. The lowest BCUT2D eigenvalue weighted by atomic mass is 10.1. The molecule has 1 aliphatic rings. The van der Waals surface area contributed by atoms with Crippen molar-refractivity contribution < 1.29 is 13.2 Å². The fraction of sp³-hybridized carbons (Fsp3) is 0.389. The van der Waals surface area contributed by atoms with Gasteiger partial charge >= 0.3 is 0 Å². The predicted octanol–water partition coefficient (Wildman–Crippen LogP) is 2.89. The summed E-state index contributed by atoms with van der Waals surface area (Å²) in [5, 5.41) is 8.21. The van der Waals surface area contributed by atoms with E-state index in [1.54, 1.807) is 19.2 Å². The second-order valence-corrected chi connectivity index (χ2v) is 7.08. The van der Waals surface area contributed by atoms with Gasteiger partial charge in [-0.15, -0.1) is 0 Å². The Balaban J connectivity index is 1.54. The number of likely N-dealkylation sites (tertiary alicyclic amines) is 1. The Kier molecular flexibility index (Phi) is 6.18. The lowest BCUT2D eigenvalue weighted by Gasteiger charge is -2.32. The molecule has 28 heavy (non-hydrogen) atoms. The summed E-state index contributed by atoms with van der Waals surface area (Å²) in [6.45, 7) is 3.37. The van der Waals surface area contributed by atoms with Crippen LogP contribution in [-0.4, -0.2) is 44.8 Å². The first kappa shape index (κ1) is 20.1. The predicted molar refractivity (Wildman–Crippen MR) is 106 cm³/mol. The maximum absolute atomic E-state index is 13.3. The second-order valence-electron chi connectivity index (χ2n) is 6.71. The number of nitrogens with two attached hydrogens (primary N) is 1. The van der Waals surface area contributed by atoms with Crippen molar-refractivity contribution in [2.45, 2.75) is 32.4 Å². The van der Waals surface area contributed by atoms with Crippen LogP contribution in [0.3, 0.4) is 0 Å². The molecular weight excluding hydrogens is 389 g/mol. The number of aromatic nitrogens is 2. The first-order valence-electron chi connectivity index (χ1n) is 8.85. The summed E-state index contributed by atoms with van der Waals surface area (Å²) >= 11 is 5.26. The van der Waals surface area contributed by atoms with Gasteiger partial charge in [-0.1, -0.05) is 0 Å². The zero-order valence-corrected chi connectivity index (χ0v) is 16.1. The monoisotopic (exact) mass is 410 g/mol. The number of amidine groups is 1. The Bertz CT molecular complexity index is 862. The molecule has 1 aromatic carbocycles. The molecule has 2 aromatic rings. The molecule has 150 valence electrons. The minimum Gasteiger partial charge on any atom is -0.387 e. The van der Waals surface area contributed by atoms with Gasteiger partial charge in [-0.3, -0.25) is 4.68 Å². The molecule has 1 fully saturated rings. The number of thiocarbonyl (C=S) groups is 1. The van der Waals surface area contributed by atoms with Gasteiger partial charge in [-0.2, -0.15) is 5.10 Å². The third kappa shape index (κ3) is 5.00. The van der Waals surface area contributed by atoms with Gasteiger partial charge in [0.15, 0.2) is 22.6 Å². The van der Waals surface area contributed by atoms with E-state index in [0.717, 1.165) is 38.1 Å². The largest absolute Gasteiger partial charge is 0.387 e. The second kappa shape index (κ2) is 8.59. The Morgan fingerprint density at radius 3 is 2.54 bits per heavy atom. The smallest absolute Gasteiger partial charge is 0.197 e. The number of aliphatic imine (C=N–C) groups is 1. The molecule has 1 saturated heterocycles. The summed E-state index contributed by atoms with van der Waals surface area (Å²) in [5.74, 6) is -2.78. The fourth-order valence-corrected chi connectivity index (χ4v) is 3.39. The molecule has 0 unspecified atom stereocenters. The van der Waals surface area contributed by atoms with Crippen molar-refractivity contribution >= 4 is 29.0 Å². The third-order valence-electron chi connectivity index (χ3n) is 4.42. The van der Waals surface area contributed by atoms with Gasteiger partial charge in [-0.25, -0.2) is 18.2 Å². The fourth-order valence-electron chi connectivity index (χ4n) is 3.06. The van der Waals surface area contributed by atoms with Gasteiger partial charge in [0.2, 0.25) is 0 Å². The van der Waals surface area contributed by atoms with Crippen LogP contribution in [0.1, 0.15) is 25.3 Å². The lowest BCUT2D eigenvalue weighted by Crippen LogP contribution is -2.41. The van der Waals surface area contributed by atoms with Crippen molar-refractivity contribution in [1.82, 2.24) is 14.7 Å². The van der Waals surface area contributed by atoms with Gasteiger partial charge in [0.25, 0.3) is 0 Å². The SMILES string of the molecule is C/C(N)=N/C(=S)N1CCC(Nc2ccn(Cc3cc(F)c(F)c(F)c3)n2)CC1. The third-order valence-corrected chi connectivity index (χ3v) is 4.77. The number of hydrogen-bond donors (Lipinski definition) is 2. The van der Waals surface area contributed by atoms with Crippen LogP contribution in [0.25, 0.3) is 0 Å². The average molecular weight is 410 g/mol. The summed E-state index contributed by atoms with van der Waals surface area (Å²) in [6, 6.07) is 3.95. The van der Waals surface area contributed by atoms with Gasteiger partial charge < -0.3 is 16.0 Å². The first-order valence-corrected chi connectivity index (χ1v) is 9.25. The quantitative estimate of drug-likeness (QED) is 0.351. The molecule has 1 aliphatic heterocycles. The zero-order chi connectivity index (χ0) is 20.3. The number of anilines is 1. The standard InChI is InChI=1S/C18H21F3N6S/c1-11(22)23-18(28)26-5-2-13(3-6-26)24-16-4-7-27(25-16)10-12-8-14(19)17(21)15(20)9-12/h4,7-9,13H,2-3,5-6,10H2,1H3,(H,24,25)(H2,22,23,28). The molecule has 0 bridgehead atoms. The number of piperidine rings is 1. The minimum absolute atomic E-state index is 0.138. The van der Waals surface area contributed by atoms with E-state index in [1.807, 2.05) is 4.90 Å². The number of hydrogen-bond acceptors (Lipinski definition) is 3. The highest BCUT2D eigenvalue weighted by Gasteiger charge is 2.21. The first-order chi connectivity index (χ1) is 13.3. The molecule has 0 radical (unpaired) electrons. The molecule has 3 N–H and O–H groups in total. The topological polar surface area (TPSA) is 71.5 Å². The minimum atomic E-state index is -1.47. The number of nitrogens with zero attached hydrogens (tertiary/aromatic N) is 4. The molecule has 2 heterocycles. The van der Waals surface area contributed by atoms with Crippen molar-refractivity contribution in [2.24, 2.45) is 10.7 Å². The zero-order valence-electron chi connectivity index (χ0n) is 15.3. The van der Waals surface area contributed by atoms with E-state index in [-0.39, 0.29) is 12.6 Å². The van der Waals surface area contributed by atoms with Crippen molar-refractivity contribution in [2.75, 3.05) is 18.4 Å². The Morgan fingerprint density at radius 1 is 1.29 bits per heavy atom. The van der Waals surface area contributed by atoms with Crippen LogP contribution >= 0.6 is 12.2 Å². The highest BCUT2D eigenvalue weighted by Crippen LogP contribution is 2.18. The summed E-state index contributed by atoms with van der Waals surface area (Å²) < 4.78 is 41.2. The highest BCUT2D eigenvalue weighted by molar-refractivity contribution is 7.80. The van der Waals surface area contributed by atoms with Crippen molar-refractivity contribution in [3.05, 3.63) is 47.4 Å². The molecule has 0 spiro atoms. The van der Waals surface area contributed by atoms with Gasteiger partial charge in [0.1, 0.15) is 5.82 Å². The Labute approximate surface area is 166 Å². The lowest BCUT2D eigenvalue weighted by molar-refractivity contribution is 0.325. The molecular formula is C18H21F3N6S. The van der Waals surface area contributed by atoms with Gasteiger partial charge in [0, 0.05) is 31.4 Å². The van der Waals surface area contributed by atoms with Crippen molar-refractivity contribution in [1.29, 1.82) is 0 Å². The molecule has 10 heteroatoms. The molecule has 0 saturated carbocycles. The molecule has 1 aromatic heterocycles. The summed E-state index contributed by atoms with van der Waals surface area (Å²) in [7, 11) is 0. The van der Waals surface area contributed by atoms with Crippen LogP contribution in [0.4, 0.5) is 19.0 Å². The maximum Gasteiger partial charge on any atom is 0.197 e. The van der Waals surface area contributed by atoms with Crippen LogP contribution in [0, 0.1) is 17.5 Å².